The van der Waals surface area contributed by atoms with E-state index >= 15 is 0 Å². The number of carboxylic acid groups (broad SMARTS) is 1. The van der Waals surface area contributed by atoms with Gasteiger partial charge in [-0.2, -0.15) is 0 Å². The summed E-state index contributed by atoms with van der Waals surface area (Å²) < 4.78 is 0. The van der Waals surface area contributed by atoms with Crippen LogP contribution < -0.4 is 0 Å². The van der Waals surface area contributed by atoms with E-state index in [9.17, 15) is 9.59 Å². The molecule has 2 unspecified atom stereocenters. The first-order valence-corrected chi connectivity index (χ1v) is 7.36. The first kappa shape index (κ1) is 14.1. The molecule has 1 amide bonds. The van der Waals surface area contributed by atoms with Crippen molar-refractivity contribution in [2.45, 2.75) is 31.3 Å². The number of likely N-dealkylation sites (N-methyl/N-ethyl adjacent to an activating group) is 1. The fourth-order valence-corrected chi connectivity index (χ4v) is 3.40. The lowest BCUT2D eigenvalue weighted by atomic mass is 10.1. The lowest BCUT2D eigenvalue weighted by Gasteiger charge is -2.38. The number of hydrogen-bond donors (Lipinski definition) is 1. The molecule has 0 radical (unpaired) electrons. The third-order valence-corrected chi connectivity index (χ3v) is 4.69. The maximum Gasteiger partial charge on any atom is 0.307 e. The summed E-state index contributed by atoms with van der Waals surface area (Å²) in [5.74, 6) is -0.799. The molecule has 2 bridgehead atoms. The van der Waals surface area contributed by atoms with Gasteiger partial charge in [-0.3, -0.25) is 14.5 Å². The van der Waals surface area contributed by atoms with Crippen molar-refractivity contribution in [3.05, 3.63) is 35.4 Å². The van der Waals surface area contributed by atoms with E-state index < -0.39 is 5.97 Å². The van der Waals surface area contributed by atoms with Gasteiger partial charge in [0.1, 0.15) is 0 Å². The minimum atomic E-state index is -0.857. The van der Waals surface area contributed by atoms with Crippen LogP contribution in [0.25, 0.3) is 0 Å². The Balaban J connectivity index is 1.69. The highest BCUT2D eigenvalue weighted by Crippen LogP contribution is 2.29. The average Bonchev–Trinajstić information content (AvgIpc) is 2.68. The van der Waals surface area contributed by atoms with E-state index in [1.807, 2.05) is 4.90 Å². The number of likely N-dealkylation sites (tertiary alicyclic amines) is 1. The van der Waals surface area contributed by atoms with Crippen molar-refractivity contribution < 1.29 is 14.7 Å². The maximum absolute atomic E-state index is 12.5. The van der Waals surface area contributed by atoms with Crippen molar-refractivity contribution >= 4 is 11.9 Å². The number of hydrogen-bond acceptors (Lipinski definition) is 3. The van der Waals surface area contributed by atoms with Crippen molar-refractivity contribution in [3.63, 3.8) is 0 Å². The molecule has 0 aliphatic carbocycles. The molecule has 2 fully saturated rings. The van der Waals surface area contributed by atoms with Gasteiger partial charge in [-0.05, 0) is 37.6 Å². The Labute approximate surface area is 124 Å². The number of aliphatic carboxylic acids is 1. The number of benzene rings is 1. The smallest absolute Gasteiger partial charge is 0.307 e. The summed E-state index contributed by atoms with van der Waals surface area (Å²) in [7, 11) is 2.14. The summed E-state index contributed by atoms with van der Waals surface area (Å²) >= 11 is 0. The lowest BCUT2D eigenvalue weighted by Crippen LogP contribution is -2.53. The topological polar surface area (TPSA) is 60.9 Å². The quantitative estimate of drug-likeness (QED) is 0.909. The number of amides is 1. The molecule has 2 atom stereocenters. The summed E-state index contributed by atoms with van der Waals surface area (Å²) in [6.07, 6.45) is 2.33. The molecule has 0 saturated carbocycles. The fourth-order valence-electron chi connectivity index (χ4n) is 3.40. The van der Waals surface area contributed by atoms with Crippen LogP contribution in [0.5, 0.6) is 0 Å². The fraction of sp³-hybridized carbons (Fsp3) is 0.500. The third kappa shape index (κ3) is 2.78. The Bertz CT molecular complexity index is 541. The average molecular weight is 288 g/mol. The number of carbonyl (C=O) groups is 2. The minimum Gasteiger partial charge on any atom is -0.481 e. The zero-order valence-corrected chi connectivity index (χ0v) is 12.2. The van der Waals surface area contributed by atoms with Crippen LogP contribution in [0.3, 0.4) is 0 Å². The molecule has 3 rings (SSSR count). The van der Waals surface area contributed by atoms with Crippen LogP contribution in [-0.4, -0.2) is 59.0 Å². The molecule has 2 heterocycles. The molecular weight excluding hydrogens is 268 g/mol. The molecule has 2 saturated heterocycles. The van der Waals surface area contributed by atoms with E-state index in [4.69, 9.17) is 5.11 Å². The SMILES string of the molecule is CN1C2CCC1CN(C(=O)c1ccc(CC(=O)O)cc1)C2. The number of fused-ring (bicyclic) bond motifs is 2. The molecule has 5 nitrogen and oxygen atoms in total. The van der Waals surface area contributed by atoms with Crippen molar-refractivity contribution in [1.82, 2.24) is 9.80 Å². The monoisotopic (exact) mass is 288 g/mol. The molecule has 1 N–H and O–H groups in total. The van der Waals surface area contributed by atoms with Gasteiger partial charge in [0.15, 0.2) is 0 Å². The van der Waals surface area contributed by atoms with Crippen molar-refractivity contribution in [2.75, 3.05) is 20.1 Å². The second kappa shape index (κ2) is 5.48. The molecule has 21 heavy (non-hydrogen) atoms. The largest absolute Gasteiger partial charge is 0.481 e. The van der Waals surface area contributed by atoms with E-state index in [1.54, 1.807) is 24.3 Å². The number of piperazine rings is 1. The van der Waals surface area contributed by atoms with Crippen molar-refractivity contribution in [3.8, 4) is 0 Å². The molecule has 2 aliphatic heterocycles. The first-order chi connectivity index (χ1) is 10.0. The number of rotatable bonds is 3. The second-order valence-electron chi connectivity index (χ2n) is 6.03. The Morgan fingerprint density at radius 2 is 1.71 bits per heavy atom. The Morgan fingerprint density at radius 3 is 2.24 bits per heavy atom. The lowest BCUT2D eigenvalue weighted by molar-refractivity contribution is -0.136. The first-order valence-electron chi connectivity index (χ1n) is 7.36. The standard InChI is InChI=1S/C16H20N2O3/c1-17-13-6-7-14(17)10-18(9-13)16(21)12-4-2-11(3-5-12)8-15(19)20/h2-5,13-14H,6-10H2,1H3,(H,19,20). The number of carboxylic acids is 1. The van der Waals surface area contributed by atoms with Crippen molar-refractivity contribution in [1.29, 1.82) is 0 Å². The predicted molar refractivity (Wildman–Crippen MR) is 78.3 cm³/mol. The van der Waals surface area contributed by atoms with Crippen LogP contribution >= 0.6 is 0 Å². The summed E-state index contributed by atoms with van der Waals surface area (Å²) in [5.41, 5.74) is 1.37. The number of nitrogens with zero attached hydrogens (tertiary/aromatic N) is 2. The summed E-state index contributed by atoms with van der Waals surface area (Å²) in [6.45, 7) is 1.59. The van der Waals surface area contributed by atoms with Crippen LogP contribution in [0.2, 0.25) is 0 Å². The predicted octanol–water partition coefficient (Wildman–Crippen LogP) is 1.23. The zero-order chi connectivity index (χ0) is 15.0. The summed E-state index contributed by atoms with van der Waals surface area (Å²) in [4.78, 5) is 27.5. The summed E-state index contributed by atoms with van der Waals surface area (Å²) in [6, 6.07) is 7.90. The summed E-state index contributed by atoms with van der Waals surface area (Å²) in [5, 5.41) is 8.76. The molecule has 1 aromatic rings. The molecule has 112 valence electrons. The molecule has 0 aromatic heterocycles. The van der Waals surface area contributed by atoms with E-state index in [0.29, 0.717) is 17.6 Å². The highest BCUT2D eigenvalue weighted by atomic mass is 16.4. The van der Waals surface area contributed by atoms with Gasteiger partial charge in [0.2, 0.25) is 0 Å². The highest BCUT2D eigenvalue weighted by molar-refractivity contribution is 5.94. The molecule has 2 aliphatic rings. The molecular formula is C16H20N2O3. The van der Waals surface area contributed by atoms with Gasteiger partial charge in [0.25, 0.3) is 5.91 Å². The molecule has 5 heteroatoms. The second-order valence-corrected chi connectivity index (χ2v) is 6.03. The van der Waals surface area contributed by atoms with Gasteiger partial charge in [-0.1, -0.05) is 12.1 Å². The van der Waals surface area contributed by atoms with Gasteiger partial charge < -0.3 is 10.0 Å². The van der Waals surface area contributed by atoms with Crippen LogP contribution in [0.1, 0.15) is 28.8 Å². The Hall–Kier alpha value is -1.88. The van der Waals surface area contributed by atoms with Crippen LogP contribution in [0.4, 0.5) is 0 Å². The Morgan fingerprint density at radius 1 is 1.14 bits per heavy atom. The van der Waals surface area contributed by atoms with Gasteiger partial charge in [0.05, 0.1) is 6.42 Å². The molecule has 1 aromatic carbocycles. The number of carbonyl (C=O) groups excluding carboxylic acids is 1. The van der Waals surface area contributed by atoms with Crippen LogP contribution in [0, 0.1) is 0 Å². The van der Waals surface area contributed by atoms with Crippen LogP contribution in [-0.2, 0) is 11.2 Å². The van der Waals surface area contributed by atoms with Gasteiger partial charge >= 0.3 is 5.97 Å². The van der Waals surface area contributed by atoms with Crippen LogP contribution in [0.15, 0.2) is 24.3 Å². The van der Waals surface area contributed by atoms with E-state index in [0.717, 1.165) is 18.7 Å². The van der Waals surface area contributed by atoms with Crippen molar-refractivity contribution in [2.24, 2.45) is 0 Å². The van der Waals surface area contributed by atoms with E-state index in [2.05, 4.69) is 11.9 Å². The van der Waals surface area contributed by atoms with E-state index in [-0.39, 0.29) is 12.3 Å². The normalized spacial score (nSPS) is 25.1. The van der Waals surface area contributed by atoms with E-state index in [1.165, 1.54) is 12.8 Å². The molecule has 0 spiro atoms. The third-order valence-electron chi connectivity index (χ3n) is 4.69. The minimum absolute atomic E-state index is 0.00682. The van der Waals surface area contributed by atoms with Gasteiger partial charge in [-0.15, -0.1) is 0 Å². The van der Waals surface area contributed by atoms with Gasteiger partial charge in [-0.25, -0.2) is 0 Å². The zero-order valence-electron chi connectivity index (χ0n) is 12.2. The maximum atomic E-state index is 12.5. The highest BCUT2D eigenvalue weighted by Gasteiger charge is 2.39. The van der Waals surface area contributed by atoms with Gasteiger partial charge in [0, 0.05) is 30.7 Å². The Kier molecular flexibility index (Phi) is 3.68.